The van der Waals surface area contributed by atoms with Crippen LogP contribution in [0.5, 0.6) is 34.5 Å². The molecular formula is C38H63BrO10Si2. The highest BCUT2D eigenvalue weighted by Crippen LogP contribution is 2.55. The molecule has 51 heavy (non-hydrogen) atoms. The van der Waals surface area contributed by atoms with Gasteiger partial charge in [0.1, 0.15) is 0 Å². The molecule has 1 heterocycles. The summed E-state index contributed by atoms with van der Waals surface area (Å²) in [5, 5.41) is 25.4. The van der Waals surface area contributed by atoms with Gasteiger partial charge in [-0.1, -0.05) is 69.2 Å². The average Bonchev–Trinajstić information content (AvgIpc) is 3.53. The molecule has 0 radical (unpaired) electrons. The van der Waals surface area contributed by atoms with Gasteiger partial charge >= 0.3 is 0 Å². The lowest BCUT2D eigenvalue weighted by atomic mass is 9.77. The van der Waals surface area contributed by atoms with Gasteiger partial charge in [-0.3, -0.25) is 0 Å². The molecule has 0 aromatic heterocycles. The van der Waals surface area contributed by atoms with Crippen molar-refractivity contribution < 1.29 is 51.6 Å². The van der Waals surface area contributed by atoms with Gasteiger partial charge < -0.3 is 47.5 Å². The Balaban J connectivity index is 2.47. The number of hydrogen-bond donors (Lipinski definition) is 2. The second kappa shape index (κ2) is 16.6. The van der Waals surface area contributed by atoms with Gasteiger partial charge in [0.15, 0.2) is 29.8 Å². The van der Waals surface area contributed by atoms with E-state index in [9.17, 15) is 10.2 Å². The number of aliphatic hydroxyl groups excluding tert-OH is 1. The summed E-state index contributed by atoms with van der Waals surface area (Å²) >= 11 is 3.56. The quantitative estimate of drug-likeness (QED) is 0.118. The number of methoxy groups -OCH3 is 3. The van der Waals surface area contributed by atoms with E-state index < -0.39 is 47.2 Å². The maximum absolute atomic E-state index is 13.3. The van der Waals surface area contributed by atoms with Crippen LogP contribution in [0.1, 0.15) is 104 Å². The fraction of sp³-hybridized carbons (Fsp3) is 0.684. The zero-order chi connectivity index (χ0) is 41.4. The summed E-state index contributed by atoms with van der Waals surface area (Å²) in [6.07, 6.45) is -3.10. The van der Waals surface area contributed by atoms with Gasteiger partial charge in [0.05, 0.1) is 36.5 Å². The number of ether oxygens (including phenoxy) is 6. The Labute approximate surface area is 321 Å². The summed E-state index contributed by atoms with van der Waals surface area (Å²) in [5.74, 6) is 0.364. The van der Waals surface area contributed by atoms with E-state index in [1.807, 2.05) is 0 Å². The van der Waals surface area contributed by atoms with Crippen molar-refractivity contribution in [3.63, 3.8) is 0 Å². The first kappa shape index (κ1) is 38.7. The van der Waals surface area contributed by atoms with E-state index in [0.717, 1.165) is 0 Å². The number of rotatable bonds is 17. The molecule has 0 saturated carbocycles. The van der Waals surface area contributed by atoms with Crippen LogP contribution in [-0.4, -0.2) is 67.4 Å². The largest absolute Gasteiger partial charge is 0.541 e. The Morgan fingerprint density at radius 2 is 1.49 bits per heavy atom. The summed E-state index contributed by atoms with van der Waals surface area (Å²) in [5.41, 5.74) is -2.16. The van der Waals surface area contributed by atoms with Gasteiger partial charge in [-0.05, 0) is 81.3 Å². The second-order valence-corrected chi connectivity index (χ2v) is 26.8. The molecular weight excluding hydrogens is 752 g/mol. The molecule has 3 rings (SSSR count). The van der Waals surface area contributed by atoms with Crippen molar-refractivity contribution in [2.45, 2.75) is 129 Å². The first-order valence-corrected chi connectivity index (χ1v) is 23.4. The molecule has 4 atom stereocenters. The van der Waals surface area contributed by atoms with Crippen LogP contribution in [0.4, 0.5) is 0 Å². The molecule has 13 heteroatoms. The summed E-state index contributed by atoms with van der Waals surface area (Å²) < 4.78 is 75.7. The van der Waals surface area contributed by atoms with E-state index in [4.69, 9.17) is 41.4 Å². The third kappa shape index (κ3) is 8.55. The van der Waals surface area contributed by atoms with Crippen molar-refractivity contribution in [1.29, 1.82) is 0 Å². The van der Waals surface area contributed by atoms with Crippen molar-refractivity contribution in [3.8, 4) is 34.5 Å². The third-order valence-electron chi connectivity index (χ3n) is 10.8. The lowest BCUT2D eigenvalue weighted by Gasteiger charge is -2.49. The monoisotopic (exact) mass is 817 g/mol. The Morgan fingerprint density at radius 3 is 1.98 bits per heavy atom. The van der Waals surface area contributed by atoms with Gasteiger partial charge in [-0.25, -0.2) is 0 Å². The maximum Gasteiger partial charge on any atom is 0.250 e. The van der Waals surface area contributed by atoms with Crippen molar-refractivity contribution in [1.82, 2.24) is 0 Å². The van der Waals surface area contributed by atoms with Crippen LogP contribution in [0, 0.1) is 5.92 Å². The maximum atomic E-state index is 13.3. The normalized spacial score (nSPS) is 17.8. The first-order valence-electron chi connectivity index (χ1n) is 19.0. The SMILES string of the molecule is [2H]C([2H])([2H])[C@@](O)([C@H](O[Si](C(C)C)(C(C)C)C(C)C)c1cc(OC)c(OC)c(O[Si](C)(C)C(C)(C)C)c1)[C@@H](C)[C@@H](O)c1cc2c(c(OCOC)c1Br)OCO2. The molecule has 0 unspecified atom stereocenters. The van der Waals surface area contributed by atoms with Crippen molar-refractivity contribution in [2.24, 2.45) is 5.92 Å². The van der Waals surface area contributed by atoms with Crippen LogP contribution in [0.2, 0.25) is 34.8 Å². The van der Waals surface area contributed by atoms with Crippen molar-refractivity contribution in [3.05, 3.63) is 33.8 Å². The molecule has 0 fully saturated rings. The highest BCUT2D eigenvalue weighted by molar-refractivity contribution is 9.10. The molecule has 0 aliphatic carbocycles. The highest BCUT2D eigenvalue weighted by atomic mass is 79.9. The predicted octanol–water partition coefficient (Wildman–Crippen LogP) is 9.92. The molecule has 2 aromatic rings. The number of halogens is 1. The van der Waals surface area contributed by atoms with Gasteiger partial charge in [0.25, 0.3) is 8.32 Å². The van der Waals surface area contributed by atoms with Crippen LogP contribution in [-0.2, 0) is 9.16 Å². The molecule has 0 amide bonds. The minimum atomic E-state index is -3.10. The first-order chi connectivity index (χ1) is 24.8. The van der Waals surface area contributed by atoms with Gasteiger partial charge in [0, 0.05) is 22.7 Å². The zero-order valence-corrected chi connectivity index (χ0v) is 36.7. The lowest BCUT2D eigenvalue weighted by molar-refractivity contribution is -0.124. The lowest BCUT2D eigenvalue weighted by Crippen LogP contribution is -2.54. The summed E-state index contributed by atoms with van der Waals surface area (Å²) in [7, 11) is -1.03. The molecule has 2 aromatic carbocycles. The fourth-order valence-electron chi connectivity index (χ4n) is 6.85. The van der Waals surface area contributed by atoms with E-state index in [0.29, 0.717) is 27.3 Å². The second-order valence-electron chi connectivity index (χ2n) is 15.9. The Bertz CT molecular complexity index is 1580. The van der Waals surface area contributed by atoms with Gasteiger partial charge in [-0.15, -0.1) is 0 Å². The third-order valence-corrected chi connectivity index (χ3v) is 22.0. The topological polar surface area (TPSA) is 114 Å². The molecule has 0 saturated heterocycles. The summed E-state index contributed by atoms with van der Waals surface area (Å²) in [4.78, 5) is 0. The van der Waals surface area contributed by atoms with E-state index in [1.54, 1.807) is 18.2 Å². The number of fused-ring (bicyclic) bond motifs is 1. The van der Waals surface area contributed by atoms with Crippen LogP contribution in [0.3, 0.4) is 0 Å². The molecule has 2 N–H and O–H groups in total. The van der Waals surface area contributed by atoms with Crippen LogP contribution < -0.4 is 28.1 Å². The number of hydrogen-bond acceptors (Lipinski definition) is 10. The van der Waals surface area contributed by atoms with E-state index in [-0.39, 0.29) is 58.1 Å². The Morgan fingerprint density at radius 1 is 0.902 bits per heavy atom. The number of benzene rings is 2. The van der Waals surface area contributed by atoms with E-state index in [1.165, 1.54) is 28.3 Å². The van der Waals surface area contributed by atoms with E-state index in [2.05, 4.69) is 91.3 Å². The fourth-order valence-corrected chi connectivity index (χ4v) is 14.0. The highest BCUT2D eigenvalue weighted by Gasteiger charge is 2.53. The van der Waals surface area contributed by atoms with Crippen LogP contribution in [0.15, 0.2) is 22.7 Å². The Hall–Kier alpha value is -2.01. The van der Waals surface area contributed by atoms with Crippen LogP contribution in [0.25, 0.3) is 0 Å². The molecule has 0 bridgehead atoms. The van der Waals surface area contributed by atoms with E-state index >= 15 is 0 Å². The van der Waals surface area contributed by atoms with Crippen molar-refractivity contribution in [2.75, 3.05) is 34.9 Å². The van der Waals surface area contributed by atoms with Gasteiger partial charge in [-0.2, -0.15) is 0 Å². The van der Waals surface area contributed by atoms with Crippen molar-refractivity contribution >= 4 is 32.6 Å². The molecule has 290 valence electrons. The van der Waals surface area contributed by atoms with Crippen LogP contribution >= 0.6 is 15.9 Å². The molecule has 10 nitrogen and oxygen atoms in total. The zero-order valence-electron chi connectivity index (χ0n) is 36.1. The smallest absolute Gasteiger partial charge is 0.250 e. The summed E-state index contributed by atoms with van der Waals surface area (Å²) in [6, 6.07) is 4.90. The average molecular weight is 819 g/mol. The molecule has 1 aliphatic heterocycles. The molecule has 0 spiro atoms. The number of aliphatic hydroxyl groups is 2. The Kier molecular flexibility index (Phi) is 12.6. The summed E-state index contributed by atoms with van der Waals surface area (Å²) in [6.45, 7) is 21.2. The minimum absolute atomic E-state index is 0.00710. The molecule has 1 aliphatic rings. The standard InChI is InChI=1S/C38H63BrO10Si2/c1-22(2)51(23(3)4,24(5)6)49-36(26-17-28(43-13)33(44-14)30(18-26)48-50(15,16)37(8,9)10)38(11,41)25(7)32(40)27-19-29-34(47-21-45-29)35(31(27)39)46-20-42-12/h17-19,22-25,32,36,40-41H,20-21H2,1-16H3/t25-,32+,36+,38-/m0/s1/i11D3. The minimum Gasteiger partial charge on any atom is -0.541 e. The van der Waals surface area contributed by atoms with Gasteiger partial charge in [0.2, 0.25) is 26.6 Å². The predicted molar refractivity (Wildman–Crippen MR) is 210 cm³/mol.